The van der Waals surface area contributed by atoms with Gasteiger partial charge in [0.15, 0.2) is 0 Å². The van der Waals surface area contributed by atoms with Crippen LogP contribution in [0.3, 0.4) is 0 Å². The van der Waals surface area contributed by atoms with E-state index in [0.717, 1.165) is 5.56 Å². The molecule has 0 radical (unpaired) electrons. The summed E-state index contributed by atoms with van der Waals surface area (Å²) in [5.74, 6) is 0.0504. The van der Waals surface area contributed by atoms with Gasteiger partial charge in [-0.1, -0.05) is 29.8 Å². The van der Waals surface area contributed by atoms with Gasteiger partial charge >= 0.3 is 0 Å². The maximum absolute atomic E-state index is 12.5. The highest BCUT2D eigenvalue weighted by molar-refractivity contribution is 6.31. The van der Waals surface area contributed by atoms with E-state index in [0.29, 0.717) is 27.6 Å². The van der Waals surface area contributed by atoms with Crippen LogP contribution in [0.2, 0.25) is 5.02 Å². The lowest BCUT2D eigenvalue weighted by Gasteiger charge is -2.09. The lowest BCUT2D eigenvalue weighted by molar-refractivity contribution is -0.384. The Morgan fingerprint density at radius 3 is 2.47 bits per heavy atom. The molecule has 0 aliphatic heterocycles. The molecule has 0 spiro atoms. The topological polar surface area (TPSA) is 105 Å². The maximum Gasteiger partial charge on any atom is 0.269 e. The van der Waals surface area contributed by atoms with E-state index in [1.807, 2.05) is 6.07 Å². The van der Waals surface area contributed by atoms with Crippen molar-refractivity contribution in [3.63, 3.8) is 0 Å². The van der Waals surface area contributed by atoms with Crippen LogP contribution in [0.1, 0.15) is 16.7 Å². The number of ether oxygens (including phenoxy) is 1. The average Bonchev–Trinajstić information content (AvgIpc) is 2.80. The molecular formula is C24H18ClN3O4. The van der Waals surface area contributed by atoms with Crippen LogP contribution in [0.25, 0.3) is 6.08 Å². The molecule has 0 saturated heterocycles. The van der Waals surface area contributed by atoms with Gasteiger partial charge in [0.25, 0.3) is 11.6 Å². The lowest BCUT2D eigenvalue weighted by Crippen LogP contribution is -2.14. The Balaban J connectivity index is 1.64. The van der Waals surface area contributed by atoms with E-state index in [1.165, 1.54) is 18.2 Å². The third kappa shape index (κ3) is 5.72. The van der Waals surface area contributed by atoms with Crippen molar-refractivity contribution >= 4 is 35.0 Å². The molecule has 1 amide bonds. The quantitative estimate of drug-likeness (QED) is 0.217. The SMILES string of the molecule is Cc1c(Cl)cccc1NC(=O)/C(C#N)=C/c1ccc(OCc2ccc([N+](=O)[O-])cc2)cc1. The number of nitrogens with zero attached hydrogens (tertiary/aromatic N) is 2. The van der Waals surface area contributed by atoms with Crippen LogP contribution in [0.4, 0.5) is 11.4 Å². The van der Waals surface area contributed by atoms with E-state index < -0.39 is 10.8 Å². The molecule has 0 aliphatic carbocycles. The van der Waals surface area contributed by atoms with Crippen LogP contribution < -0.4 is 10.1 Å². The minimum atomic E-state index is -0.531. The third-order valence-corrected chi connectivity index (χ3v) is 5.03. The van der Waals surface area contributed by atoms with Crippen LogP contribution in [-0.2, 0) is 11.4 Å². The van der Waals surface area contributed by atoms with Gasteiger partial charge in [-0.2, -0.15) is 5.26 Å². The van der Waals surface area contributed by atoms with Gasteiger partial charge in [0.05, 0.1) is 4.92 Å². The molecule has 8 heteroatoms. The lowest BCUT2D eigenvalue weighted by atomic mass is 10.1. The van der Waals surface area contributed by atoms with Gasteiger partial charge < -0.3 is 10.1 Å². The van der Waals surface area contributed by atoms with Gasteiger partial charge in [-0.3, -0.25) is 14.9 Å². The predicted molar refractivity (Wildman–Crippen MR) is 122 cm³/mol. The molecular weight excluding hydrogens is 430 g/mol. The summed E-state index contributed by atoms with van der Waals surface area (Å²) < 4.78 is 5.68. The molecule has 0 bridgehead atoms. The van der Waals surface area contributed by atoms with Crippen LogP contribution in [0, 0.1) is 28.4 Å². The first kappa shape index (κ1) is 22.5. The molecule has 0 aromatic heterocycles. The summed E-state index contributed by atoms with van der Waals surface area (Å²) in [5, 5.41) is 23.3. The molecule has 32 heavy (non-hydrogen) atoms. The van der Waals surface area contributed by atoms with E-state index in [9.17, 15) is 20.2 Å². The molecule has 0 aliphatic rings. The van der Waals surface area contributed by atoms with Gasteiger partial charge in [0, 0.05) is 22.8 Å². The molecule has 3 aromatic carbocycles. The van der Waals surface area contributed by atoms with E-state index in [2.05, 4.69) is 5.32 Å². The summed E-state index contributed by atoms with van der Waals surface area (Å²) in [6.07, 6.45) is 1.48. The van der Waals surface area contributed by atoms with E-state index in [1.54, 1.807) is 61.5 Å². The molecule has 160 valence electrons. The van der Waals surface area contributed by atoms with Crippen molar-refractivity contribution < 1.29 is 14.5 Å². The number of rotatable bonds is 7. The Bertz CT molecular complexity index is 1210. The first-order valence-corrected chi connectivity index (χ1v) is 9.89. The summed E-state index contributed by atoms with van der Waals surface area (Å²) in [4.78, 5) is 22.7. The number of nitro benzene ring substituents is 1. The van der Waals surface area contributed by atoms with E-state index >= 15 is 0 Å². The fourth-order valence-corrected chi connectivity index (χ4v) is 2.96. The number of amides is 1. The van der Waals surface area contributed by atoms with E-state index in [4.69, 9.17) is 16.3 Å². The molecule has 7 nitrogen and oxygen atoms in total. The second-order valence-electron chi connectivity index (χ2n) is 6.82. The Morgan fingerprint density at radius 1 is 1.16 bits per heavy atom. The van der Waals surface area contributed by atoms with Gasteiger partial charge in [-0.15, -0.1) is 0 Å². The average molecular weight is 448 g/mol. The first-order valence-electron chi connectivity index (χ1n) is 9.52. The Hall–Kier alpha value is -4.15. The zero-order valence-corrected chi connectivity index (χ0v) is 17.8. The second-order valence-corrected chi connectivity index (χ2v) is 7.22. The Labute approximate surface area is 189 Å². The van der Waals surface area contributed by atoms with E-state index in [-0.39, 0.29) is 17.9 Å². The smallest absolute Gasteiger partial charge is 0.269 e. The van der Waals surface area contributed by atoms with Gasteiger partial charge in [0.1, 0.15) is 24.0 Å². The van der Waals surface area contributed by atoms with Gasteiger partial charge in [0.2, 0.25) is 0 Å². The summed E-state index contributed by atoms with van der Waals surface area (Å²) in [7, 11) is 0. The Morgan fingerprint density at radius 2 is 1.84 bits per heavy atom. The predicted octanol–water partition coefficient (Wildman–Crippen LogP) is 5.68. The number of benzene rings is 3. The van der Waals surface area contributed by atoms with Crippen LogP contribution >= 0.6 is 11.6 Å². The van der Waals surface area contributed by atoms with Crippen LogP contribution in [0.5, 0.6) is 5.75 Å². The highest BCUT2D eigenvalue weighted by atomic mass is 35.5. The number of hydrogen-bond donors (Lipinski definition) is 1. The number of halogens is 1. The van der Waals surface area contributed by atoms with Crippen molar-refractivity contribution in [1.29, 1.82) is 5.26 Å². The number of non-ortho nitro benzene ring substituents is 1. The molecule has 0 saturated carbocycles. The highest BCUT2D eigenvalue weighted by Crippen LogP contribution is 2.24. The van der Waals surface area contributed by atoms with Crippen molar-refractivity contribution in [1.82, 2.24) is 0 Å². The Kier molecular flexibility index (Phi) is 7.21. The third-order valence-electron chi connectivity index (χ3n) is 4.62. The zero-order chi connectivity index (χ0) is 23.1. The van der Waals surface area contributed by atoms with Crippen molar-refractivity contribution in [3.8, 4) is 11.8 Å². The summed E-state index contributed by atoms with van der Waals surface area (Å²) >= 11 is 6.07. The largest absolute Gasteiger partial charge is 0.489 e. The summed E-state index contributed by atoms with van der Waals surface area (Å²) in [6.45, 7) is 2.03. The number of nitrogens with one attached hydrogen (secondary N) is 1. The number of carbonyl (C=O) groups is 1. The molecule has 0 atom stereocenters. The van der Waals surface area contributed by atoms with Crippen LogP contribution in [0.15, 0.2) is 72.3 Å². The van der Waals surface area contributed by atoms with Gasteiger partial charge in [-0.25, -0.2) is 0 Å². The molecule has 1 N–H and O–H groups in total. The molecule has 3 rings (SSSR count). The molecule has 3 aromatic rings. The zero-order valence-electron chi connectivity index (χ0n) is 17.0. The fourth-order valence-electron chi connectivity index (χ4n) is 2.79. The van der Waals surface area contributed by atoms with Gasteiger partial charge in [-0.05, 0) is 66.1 Å². The van der Waals surface area contributed by atoms with Crippen molar-refractivity contribution in [2.24, 2.45) is 0 Å². The van der Waals surface area contributed by atoms with Crippen molar-refractivity contribution in [2.75, 3.05) is 5.32 Å². The number of hydrogen-bond acceptors (Lipinski definition) is 5. The van der Waals surface area contributed by atoms with Crippen LogP contribution in [-0.4, -0.2) is 10.8 Å². The summed E-state index contributed by atoms with van der Waals surface area (Å²) in [6, 6.07) is 20.1. The van der Waals surface area contributed by atoms with Crippen molar-refractivity contribution in [3.05, 3.63) is 104 Å². The maximum atomic E-state index is 12.5. The highest BCUT2D eigenvalue weighted by Gasteiger charge is 2.12. The number of nitriles is 1. The monoisotopic (exact) mass is 447 g/mol. The minimum Gasteiger partial charge on any atom is -0.489 e. The number of nitro groups is 1. The first-order chi connectivity index (χ1) is 15.4. The number of anilines is 1. The standard InChI is InChI=1S/C24H18ClN3O4/c1-16-22(25)3-2-4-23(16)27-24(29)19(14-26)13-17-7-11-21(12-8-17)32-15-18-5-9-20(10-6-18)28(30)31/h2-13H,15H2,1H3,(H,27,29)/b19-13+. The summed E-state index contributed by atoms with van der Waals surface area (Å²) in [5.41, 5.74) is 2.67. The van der Waals surface area contributed by atoms with Crippen molar-refractivity contribution in [2.45, 2.75) is 13.5 Å². The number of carbonyl (C=O) groups excluding carboxylic acids is 1. The fraction of sp³-hybridized carbons (Fsp3) is 0.0833. The normalized spacial score (nSPS) is 10.8. The minimum absolute atomic E-state index is 0.0211. The molecule has 0 unspecified atom stereocenters. The second kappa shape index (κ2) is 10.2. The molecule has 0 heterocycles. The molecule has 0 fully saturated rings.